The molecule has 1 N–H and O–H groups in total. The summed E-state index contributed by atoms with van der Waals surface area (Å²) >= 11 is 0. The van der Waals surface area contributed by atoms with E-state index in [9.17, 15) is 4.39 Å². The van der Waals surface area contributed by atoms with E-state index in [1.165, 1.54) is 6.07 Å². The van der Waals surface area contributed by atoms with E-state index in [2.05, 4.69) is 14.9 Å². The molecule has 1 aliphatic carbocycles. The lowest BCUT2D eigenvalue weighted by Gasteiger charge is -2.24. The van der Waals surface area contributed by atoms with Gasteiger partial charge in [-0.3, -0.25) is 0 Å². The first-order valence-corrected chi connectivity index (χ1v) is 6.83. The summed E-state index contributed by atoms with van der Waals surface area (Å²) in [7, 11) is 0. The molecule has 19 heavy (non-hydrogen) atoms. The van der Waals surface area contributed by atoms with Gasteiger partial charge in [0.05, 0.1) is 12.1 Å². The van der Waals surface area contributed by atoms with Gasteiger partial charge < -0.3 is 14.6 Å². The summed E-state index contributed by atoms with van der Waals surface area (Å²) in [6.45, 7) is 2.30. The highest BCUT2D eigenvalue weighted by molar-refractivity contribution is 5.77. The number of rotatable bonds is 2. The van der Waals surface area contributed by atoms with Gasteiger partial charge in [0.1, 0.15) is 17.4 Å². The molecule has 1 aromatic heterocycles. The molecule has 2 aliphatic rings. The molecule has 0 amide bonds. The lowest BCUT2D eigenvalue weighted by Crippen LogP contribution is -2.34. The third-order valence-corrected chi connectivity index (χ3v) is 3.83. The van der Waals surface area contributed by atoms with Gasteiger partial charge in [0.15, 0.2) is 5.82 Å². The van der Waals surface area contributed by atoms with Gasteiger partial charge in [-0.05, 0) is 25.0 Å². The van der Waals surface area contributed by atoms with Gasteiger partial charge in [-0.2, -0.15) is 0 Å². The number of morpholine rings is 1. The van der Waals surface area contributed by atoms with E-state index in [1.54, 1.807) is 6.07 Å². The summed E-state index contributed by atoms with van der Waals surface area (Å²) in [6, 6.07) is 5.63. The van der Waals surface area contributed by atoms with Crippen LogP contribution in [0.4, 0.5) is 4.39 Å². The maximum absolute atomic E-state index is 13.9. The fourth-order valence-electron chi connectivity index (χ4n) is 2.78. The fraction of sp³-hybridized carbons (Fsp3) is 0.500. The van der Waals surface area contributed by atoms with Crippen molar-refractivity contribution in [2.45, 2.75) is 25.0 Å². The Morgan fingerprint density at radius 1 is 1.37 bits per heavy atom. The zero-order valence-corrected chi connectivity index (χ0v) is 10.6. The van der Waals surface area contributed by atoms with E-state index in [4.69, 9.17) is 4.74 Å². The second-order valence-electron chi connectivity index (χ2n) is 5.24. The molecule has 2 aromatic rings. The molecule has 1 atom stereocenters. The molecular weight excluding hydrogens is 245 g/mol. The van der Waals surface area contributed by atoms with Crippen LogP contribution in [0.3, 0.4) is 0 Å². The molecular formula is C14H16FN3O. The molecule has 0 radical (unpaired) electrons. The average molecular weight is 261 g/mol. The van der Waals surface area contributed by atoms with Gasteiger partial charge in [-0.15, -0.1) is 0 Å². The number of benzene rings is 1. The van der Waals surface area contributed by atoms with Crippen molar-refractivity contribution in [3.05, 3.63) is 29.8 Å². The largest absolute Gasteiger partial charge is 0.368 e. The Hall–Kier alpha value is -1.46. The molecule has 2 fully saturated rings. The number of aromatic nitrogens is 2. The molecule has 2 heterocycles. The van der Waals surface area contributed by atoms with E-state index >= 15 is 0 Å². The molecule has 1 saturated carbocycles. The minimum Gasteiger partial charge on any atom is -0.368 e. The third kappa shape index (κ3) is 1.84. The second-order valence-corrected chi connectivity index (χ2v) is 5.24. The monoisotopic (exact) mass is 261 g/mol. The fourth-order valence-corrected chi connectivity index (χ4v) is 2.78. The minimum absolute atomic E-state index is 0.0684. The van der Waals surface area contributed by atoms with Crippen LogP contribution >= 0.6 is 0 Å². The summed E-state index contributed by atoms with van der Waals surface area (Å²) in [6.07, 6.45) is 2.23. The standard InChI is InChI=1S/C14H16FN3O/c15-10-2-1-3-11-13(10)17-14(18(11)9-4-5-9)12-8-16-6-7-19-12/h1-3,9,12,16H,4-8H2. The summed E-state index contributed by atoms with van der Waals surface area (Å²) < 4.78 is 21.9. The van der Waals surface area contributed by atoms with Crippen molar-refractivity contribution in [3.8, 4) is 0 Å². The molecule has 1 unspecified atom stereocenters. The first-order chi connectivity index (χ1) is 9.34. The van der Waals surface area contributed by atoms with E-state index in [1.807, 2.05) is 6.07 Å². The number of para-hydroxylation sites is 1. The topological polar surface area (TPSA) is 39.1 Å². The number of ether oxygens (including phenoxy) is 1. The van der Waals surface area contributed by atoms with Gasteiger partial charge in [0, 0.05) is 19.1 Å². The maximum atomic E-state index is 13.9. The lowest BCUT2D eigenvalue weighted by atomic mass is 10.3. The Bertz CT molecular complexity index is 614. The van der Waals surface area contributed by atoms with Crippen molar-refractivity contribution in [2.75, 3.05) is 19.7 Å². The van der Waals surface area contributed by atoms with Crippen molar-refractivity contribution >= 4 is 11.0 Å². The molecule has 1 saturated heterocycles. The van der Waals surface area contributed by atoms with Gasteiger partial charge >= 0.3 is 0 Å². The van der Waals surface area contributed by atoms with Crippen LogP contribution in [0.25, 0.3) is 11.0 Å². The number of hydrogen-bond donors (Lipinski definition) is 1. The molecule has 100 valence electrons. The van der Waals surface area contributed by atoms with Crippen molar-refractivity contribution < 1.29 is 9.13 Å². The molecule has 5 heteroatoms. The third-order valence-electron chi connectivity index (χ3n) is 3.83. The first-order valence-electron chi connectivity index (χ1n) is 6.83. The normalized spacial score (nSPS) is 23.9. The van der Waals surface area contributed by atoms with E-state index in [-0.39, 0.29) is 11.9 Å². The zero-order valence-electron chi connectivity index (χ0n) is 10.6. The average Bonchev–Trinajstić information content (AvgIpc) is 3.20. The summed E-state index contributed by atoms with van der Waals surface area (Å²) in [5.74, 6) is 0.622. The van der Waals surface area contributed by atoms with Gasteiger partial charge in [-0.25, -0.2) is 9.37 Å². The first kappa shape index (κ1) is 11.4. The highest BCUT2D eigenvalue weighted by atomic mass is 19.1. The SMILES string of the molecule is Fc1cccc2c1nc(C1CNCCO1)n2C1CC1. The van der Waals surface area contributed by atoms with Crippen LogP contribution < -0.4 is 5.32 Å². The van der Waals surface area contributed by atoms with Crippen molar-refractivity contribution in [1.29, 1.82) is 0 Å². The molecule has 1 aromatic carbocycles. The minimum atomic E-state index is -0.248. The molecule has 0 spiro atoms. The Labute approximate surface area is 110 Å². The highest BCUT2D eigenvalue weighted by Gasteiger charge is 2.32. The van der Waals surface area contributed by atoms with Crippen molar-refractivity contribution in [3.63, 3.8) is 0 Å². The zero-order chi connectivity index (χ0) is 12.8. The van der Waals surface area contributed by atoms with Gasteiger partial charge in [0.2, 0.25) is 0 Å². The quantitative estimate of drug-likeness (QED) is 0.900. The van der Waals surface area contributed by atoms with Gasteiger partial charge in [0.25, 0.3) is 0 Å². The number of halogens is 1. The van der Waals surface area contributed by atoms with Crippen LogP contribution in [-0.4, -0.2) is 29.2 Å². The van der Waals surface area contributed by atoms with Crippen molar-refractivity contribution in [1.82, 2.24) is 14.9 Å². The number of fused-ring (bicyclic) bond motifs is 1. The number of hydrogen-bond acceptors (Lipinski definition) is 3. The number of nitrogens with one attached hydrogen (secondary N) is 1. The Kier molecular flexibility index (Phi) is 2.56. The van der Waals surface area contributed by atoms with E-state index in [0.717, 1.165) is 37.3 Å². The van der Waals surface area contributed by atoms with Crippen LogP contribution in [0.15, 0.2) is 18.2 Å². The molecule has 4 rings (SSSR count). The number of imidazole rings is 1. The molecule has 1 aliphatic heterocycles. The predicted molar refractivity (Wildman–Crippen MR) is 69.5 cm³/mol. The summed E-state index contributed by atoms with van der Waals surface area (Å²) in [4.78, 5) is 4.52. The number of nitrogens with zero attached hydrogens (tertiary/aromatic N) is 2. The summed E-state index contributed by atoms with van der Waals surface area (Å²) in [5, 5.41) is 3.31. The van der Waals surface area contributed by atoms with E-state index in [0.29, 0.717) is 18.2 Å². The predicted octanol–water partition coefficient (Wildman–Crippen LogP) is 2.17. The highest BCUT2D eigenvalue weighted by Crippen LogP contribution is 2.40. The second kappa shape index (κ2) is 4.28. The maximum Gasteiger partial charge on any atom is 0.151 e. The Morgan fingerprint density at radius 2 is 2.26 bits per heavy atom. The Balaban J connectivity index is 1.88. The van der Waals surface area contributed by atoms with Crippen molar-refractivity contribution in [2.24, 2.45) is 0 Å². The molecule has 0 bridgehead atoms. The molecule has 4 nitrogen and oxygen atoms in total. The van der Waals surface area contributed by atoms with Crippen LogP contribution in [-0.2, 0) is 4.74 Å². The summed E-state index contributed by atoms with van der Waals surface area (Å²) in [5.41, 5.74) is 1.37. The van der Waals surface area contributed by atoms with Crippen LogP contribution in [0.5, 0.6) is 0 Å². The smallest absolute Gasteiger partial charge is 0.151 e. The van der Waals surface area contributed by atoms with E-state index < -0.39 is 0 Å². The lowest BCUT2D eigenvalue weighted by molar-refractivity contribution is 0.0202. The van der Waals surface area contributed by atoms with Crippen LogP contribution in [0, 0.1) is 5.82 Å². The Morgan fingerprint density at radius 3 is 3.00 bits per heavy atom. The van der Waals surface area contributed by atoms with Crippen LogP contribution in [0.2, 0.25) is 0 Å². The van der Waals surface area contributed by atoms with Gasteiger partial charge in [-0.1, -0.05) is 6.07 Å². The van der Waals surface area contributed by atoms with Crippen LogP contribution in [0.1, 0.15) is 30.8 Å².